The van der Waals surface area contributed by atoms with E-state index >= 15 is 0 Å². The van der Waals surface area contributed by atoms with Crippen molar-refractivity contribution < 1.29 is 22.3 Å². The van der Waals surface area contributed by atoms with Crippen LogP contribution < -0.4 is 14.4 Å². The number of carbonyl (C=O) groups is 1. The zero-order valence-corrected chi connectivity index (χ0v) is 17.2. The number of amides is 1. The summed E-state index contributed by atoms with van der Waals surface area (Å²) >= 11 is 0. The smallest absolute Gasteiger partial charge is 0.243 e. The number of ether oxygens (including phenoxy) is 1. The van der Waals surface area contributed by atoms with E-state index in [0.717, 1.165) is 34.0 Å². The lowest BCUT2D eigenvalue weighted by Gasteiger charge is -2.29. The first-order chi connectivity index (χ1) is 13.1. The molecule has 0 bridgehead atoms. The van der Waals surface area contributed by atoms with Gasteiger partial charge < -0.3 is 10.1 Å². The molecule has 6 nitrogen and oxygen atoms in total. The third kappa shape index (κ3) is 5.69. The number of nitrogens with one attached hydrogen (secondary N) is 1. The molecule has 0 aliphatic rings. The zero-order chi connectivity index (χ0) is 20.9. The number of rotatable bonds is 8. The van der Waals surface area contributed by atoms with Crippen LogP contribution in [0, 0.1) is 12.7 Å². The summed E-state index contributed by atoms with van der Waals surface area (Å²) in [5, 5.41) is 2.76. The number of halogens is 1. The first kappa shape index (κ1) is 21.7. The minimum Gasteiger partial charge on any atom is -0.491 e. The van der Waals surface area contributed by atoms with Gasteiger partial charge in [0.05, 0.1) is 18.0 Å². The van der Waals surface area contributed by atoms with Gasteiger partial charge in [0.1, 0.15) is 24.2 Å². The van der Waals surface area contributed by atoms with Gasteiger partial charge in [0.2, 0.25) is 15.9 Å². The van der Waals surface area contributed by atoms with E-state index in [9.17, 15) is 17.6 Å². The van der Waals surface area contributed by atoms with E-state index in [1.165, 1.54) is 19.1 Å². The molecule has 0 saturated carbocycles. The summed E-state index contributed by atoms with van der Waals surface area (Å²) in [5.74, 6) is -0.243. The molecule has 2 aromatic rings. The predicted octanol–water partition coefficient (Wildman–Crippen LogP) is 2.87. The highest BCUT2D eigenvalue weighted by atomic mass is 32.2. The quantitative estimate of drug-likeness (QED) is 0.729. The van der Waals surface area contributed by atoms with E-state index in [4.69, 9.17) is 4.74 Å². The van der Waals surface area contributed by atoms with Crippen LogP contribution >= 0.6 is 0 Å². The molecule has 0 fully saturated rings. The topological polar surface area (TPSA) is 75.7 Å². The summed E-state index contributed by atoms with van der Waals surface area (Å²) in [7, 11) is -3.75. The maximum atomic E-state index is 13.2. The summed E-state index contributed by atoms with van der Waals surface area (Å²) in [6.07, 6.45) is 1.00. The van der Waals surface area contributed by atoms with Gasteiger partial charge in [-0.15, -0.1) is 0 Å². The van der Waals surface area contributed by atoms with Crippen molar-refractivity contribution in [3.8, 4) is 5.75 Å². The average Bonchev–Trinajstić information content (AvgIpc) is 2.61. The third-order valence-corrected chi connectivity index (χ3v) is 5.38. The number of hydrogen-bond acceptors (Lipinski definition) is 4. The average molecular weight is 408 g/mol. The SMILES string of the molecule is Cc1ccccc1OCC(C)NC(=O)C(C)N(c1ccc(F)cc1)S(C)(=O)=O. The van der Waals surface area contributed by atoms with E-state index < -0.39 is 27.8 Å². The number of sulfonamides is 1. The van der Waals surface area contributed by atoms with Gasteiger partial charge in [-0.2, -0.15) is 0 Å². The number of anilines is 1. The second-order valence-electron chi connectivity index (χ2n) is 6.70. The second-order valence-corrected chi connectivity index (χ2v) is 8.56. The lowest BCUT2D eigenvalue weighted by molar-refractivity contribution is -0.122. The predicted molar refractivity (Wildman–Crippen MR) is 107 cm³/mol. The molecule has 0 radical (unpaired) electrons. The van der Waals surface area contributed by atoms with E-state index in [-0.39, 0.29) is 18.3 Å². The highest BCUT2D eigenvalue weighted by Gasteiger charge is 2.29. The summed E-state index contributed by atoms with van der Waals surface area (Å²) in [5.41, 5.74) is 1.20. The maximum Gasteiger partial charge on any atom is 0.243 e. The zero-order valence-electron chi connectivity index (χ0n) is 16.3. The first-order valence-electron chi connectivity index (χ1n) is 8.83. The molecule has 0 aromatic heterocycles. The van der Waals surface area contributed by atoms with Crippen molar-refractivity contribution in [2.45, 2.75) is 32.9 Å². The minimum atomic E-state index is -3.75. The molecule has 0 heterocycles. The third-order valence-electron chi connectivity index (χ3n) is 4.14. The molecule has 1 amide bonds. The van der Waals surface area contributed by atoms with Crippen LogP contribution in [-0.4, -0.2) is 39.3 Å². The molecule has 8 heteroatoms. The highest BCUT2D eigenvalue weighted by molar-refractivity contribution is 7.92. The van der Waals surface area contributed by atoms with E-state index in [0.29, 0.717) is 0 Å². The Morgan fingerprint density at radius 2 is 1.75 bits per heavy atom. The van der Waals surface area contributed by atoms with Crippen LogP contribution in [-0.2, 0) is 14.8 Å². The van der Waals surface area contributed by atoms with Gasteiger partial charge in [0.15, 0.2) is 0 Å². The number of para-hydroxylation sites is 1. The minimum absolute atomic E-state index is 0.218. The van der Waals surface area contributed by atoms with Gasteiger partial charge in [-0.3, -0.25) is 9.10 Å². The van der Waals surface area contributed by atoms with Crippen molar-refractivity contribution in [2.75, 3.05) is 17.2 Å². The summed E-state index contributed by atoms with van der Waals surface area (Å²) in [4.78, 5) is 12.6. The Morgan fingerprint density at radius 3 is 2.32 bits per heavy atom. The Morgan fingerprint density at radius 1 is 1.14 bits per heavy atom. The van der Waals surface area contributed by atoms with Crippen LogP contribution in [0.3, 0.4) is 0 Å². The van der Waals surface area contributed by atoms with Crippen LogP contribution in [0.5, 0.6) is 5.75 Å². The number of hydrogen-bond donors (Lipinski definition) is 1. The Hall–Kier alpha value is -2.61. The fourth-order valence-electron chi connectivity index (χ4n) is 2.74. The fourth-order valence-corrected chi connectivity index (χ4v) is 3.91. The molecule has 28 heavy (non-hydrogen) atoms. The molecule has 2 atom stereocenters. The van der Waals surface area contributed by atoms with Crippen molar-refractivity contribution in [1.29, 1.82) is 0 Å². The van der Waals surface area contributed by atoms with Crippen LogP contribution in [0.25, 0.3) is 0 Å². The molecule has 2 unspecified atom stereocenters. The van der Waals surface area contributed by atoms with Crippen LogP contribution in [0.2, 0.25) is 0 Å². The van der Waals surface area contributed by atoms with Gasteiger partial charge in [0, 0.05) is 0 Å². The van der Waals surface area contributed by atoms with Crippen LogP contribution in [0.15, 0.2) is 48.5 Å². The largest absolute Gasteiger partial charge is 0.491 e. The highest BCUT2D eigenvalue weighted by Crippen LogP contribution is 2.21. The molecule has 0 aliphatic carbocycles. The molecule has 1 N–H and O–H groups in total. The van der Waals surface area contributed by atoms with E-state index in [1.54, 1.807) is 6.92 Å². The summed E-state index contributed by atoms with van der Waals surface area (Å²) in [6, 6.07) is 11.1. The fraction of sp³-hybridized carbons (Fsp3) is 0.350. The van der Waals surface area contributed by atoms with E-state index in [2.05, 4.69) is 5.32 Å². The monoisotopic (exact) mass is 408 g/mol. The standard InChI is InChI=1S/C20H25FN2O4S/c1-14-7-5-6-8-19(14)27-13-15(2)22-20(24)16(3)23(28(4,25)26)18-11-9-17(21)10-12-18/h5-12,15-16H,13H2,1-4H3,(H,22,24). The van der Waals surface area contributed by atoms with Crippen molar-refractivity contribution in [3.05, 3.63) is 59.9 Å². The first-order valence-corrected chi connectivity index (χ1v) is 10.7. The number of carbonyl (C=O) groups excluding carboxylic acids is 1. The van der Waals surface area contributed by atoms with E-state index in [1.807, 2.05) is 31.2 Å². The van der Waals surface area contributed by atoms with Crippen molar-refractivity contribution >= 4 is 21.6 Å². The maximum absolute atomic E-state index is 13.2. The van der Waals surface area contributed by atoms with Crippen LogP contribution in [0.1, 0.15) is 19.4 Å². The molecule has 2 aromatic carbocycles. The van der Waals surface area contributed by atoms with Crippen LogP contribution in [0.4, 0.5) is 10.1 Å². The Kier molecular flexibility index (Phi) is 7.01. The molecular weight excluding hydrogens is 383 g/mol. The Balaban J connectivity index is 2.06. The lowest BCUT2D eigenvalue weighted by Crippen LogP contribution is -2.50. The van der Waals surface area contributed by atoms with Crippen molar-refractivity contribution in [1.82, 2.24) is 5.32 Å². The van der Waals surface area contributed by atoms with Gasteiger partial charge in [0.25, 0.3) is 0 Å². The number of benzene rings is 2. The normalized spacial score (nSPS) is 13.5. The Labute approximate surface area is 165 Å². The molecule has 0 spiro atoms. The Bertz CT molecular complexity index is 916. The molecule has 152 valence electrons. The summed E-state index contributed by atoms with van der Waals surface area (Å²) in [6.45, 7) is 5.41. The van der Waals surface area contributed by atoms with Gasteiger partial charge >= 0.3 is 0 Å². The van der Waals surface area contributed by atoms with Crippen molar-refractivity contribution in [2.24, 2.45) is 0 Å². The summed E-state index contributed by atoms with van der Waals surface area (Å²) < 4.78 is 44.3. The molecule has 0 aliphatic heterocycles. The molecule has 0 saturated heterocycles. The van der Waals surface area contributed by atoms with Gasteiger partial charge in [-0.25, -0.2) is 12.8 Å². The molecule has 2 rings (SSSR count). The van der Waals surface area contributed by atoms with Gasteiger partial charge in [-0.05, 0) is 56.7 Å². The molecular formula is C20H25FN2O4S. The van der Waals surface area contributed by atoms with Gasteiger partial charge in [-0.1, -0.05) is 18.2 Å². The van der Waals surface area contributed by atoms with Crippen molar-refractivity contribution in [3.63, 3.8) is 0 Å². The second kappa shape index (κ2) is 9.05. The number of nitrogens with zero attached hydrogens (tertiary/aromatic N) is 1. The lowest BCUT2D eigenvalue weighted by atomic mass is 10.2. The number of aryl methyl sites for hydroxylation is 1.